The predicted octanol–water partition coefficient (Wildman–Crippen LogP) is 4.10. The van der Waals surface area contributed by atoms with Gasteiger partial charge in [-0.25, -0.2) is 4.39 Å². The lowest BCUT2D eigenvalue weighted by molar-refractivity contribution is -0.140. The molecule has 0 fully saturated rings. The van der Waals surface area contributed by atoms with E-state index in [2.05, 4.69) is 19.2 Å². The van der Waals surface area contributed by atoms with Gasteiger partial charge in [-0.3, -0.25) is 0 Å². The van der Waals surface area contributed by atoms with E-state index < -0.39 is 17.6 Å². The van der Waals surface area contributed by atoms with Crippen LogP contribution in [-0.4, -0.2) is 13.1 Å². The summed E-state index contributed by atoms with van der Waals surface area (Å²) in [6.07, 6.45) is -1.40. The third-order valence-corrected chi connectivity index (χ3v) is 2.42. The van der Waals surface area contributed by atoms with E-state index in [4.69, 9.17) is 0 Å². The van der Waals surface area contributed by atoms with E-state index >= 15 is 0 Å². The molecular weight excluding hydrogens is 258 g/mol. The molecule has 1 rings (SSSR count). The Morgan fingerprint density at radius 1 is 1.26 bits per heavy atom. The first-order valence-electron chi connectivity index (χ1n) is 6.04. The summed E-state index contributed by atoms with van der Waals surface area (Å²) in [5.74, 6) is -0.737. The number of hydrogen-bond acceptors (Lipinski definition) is 1. The highest BCUT2D eigenvalue weighted by molar-refractivity contribution is 5.51. The number of rotatable bonds is 5. The molecule has 0 unspecified atom stereocenters. The van der Waals surface area contributed by atoms with Gasteiger partial charge in [0.2, 0.25) is 0 Å². The summed E-state index contributed by atoms with van der Waals surface area (Å²) in [6.45, 7) is 5.52. The van der Waals surface area contributed by atoms with E-state index in [0.717, 1.165) is 18.7 Å². The molecule has 1 aromatic rings. The third kappa shape index (κ3) is 5.42. The molecule has 1 aromatic carbocycles. The van der Waals surface area contributed by atoms with Crippen LogP contribution in [0, 0.1) is 11.7 Å². The van der Waals surface area contributed by atoms with Crippen LogP contribution in [-0.2, 0) is 6.18 Å². The van der Waals surface area contributed by atoms with Gasteiger partial charge in [-0.2, -0.15) is 13.2 Å². The fourth-order valence-corrected chi connectivity index (χ4v) is 1.51. The normalized spacial score (nSPS) is 12.6. The van der Waals surface area contributed by atoms with E-state index in [1.165, 1.54) is 6.07 Å². The lowest BCUT2D eigenvalue weighted by Crippen LogP contribution is -2.19. The molecule has 0 aromatic heterocycles. The van der Waals surface area contributed by atoms with Gasteiger partial charge in [-0.05, 0) is 30.2 Å². The van der Waals surface area contributed by atoms with Crippen LogP contribution in [0.15, 0.2) is 24.3 Å². The molecule has 0 bridgehead atoms. The molecule has 1 nitrogen and oxygen atoms in total. The van der Waals surface area contributed by atoms with E-state index in [1.54, 1.807) is 12.2 Å². The number of alkyl halides is 3. The Hall–Kier alpha value is -1.36. The largest absolute Gasteiger partial charge is 0.419 e. The molecule has 0 aliphatic carbocycles. The van der Waals surface area contributed by atoms with Crippen LogP contribution in [0.2, 0.25) is 0 Å². The maximum absolute atomic E-state index is 13.0. The molecule has 19 heavy (non-hydrogen) atoms. The average Bonchev–Trinajstić information content (AvgIpc) is 2.28. The Morgan fingerprint density at radius 3 is 2.53 bits per heavy atom. The fraction of sp³-hybridized carbons (Fsp3) is 0.429. The molecule has 1 N–H and O–H groups in total. The van der Waals surface area contributed by atoms with Crippen molar-refractivity contribution in [3.05, 3.63) is 41.2 Å². The SMILES string of the molecule is CC(C)CNC/C=C/c1ccc(F)c(C(F)(F)F)c1. The minimum Gasteiger partial charge on any atom is -0.313 e. The number of halogens is 4. The Kier molecular flexibility index (Phi) is 5.54. The fourth-order valence-electron chi connectivity index (χ4n) is 1.51. The first kappa shape index (κ1) is 15.7. The lowest BCUT2D eigenvalue weighted by Gasteiger charge is -2.08. The first-order valence-corrected chi connectivity index (χ1v) is 6.04. The van der Waals surface area contributed by atoms with Gasteiger partial charge < -0.3 is 5.32 Å². The van der Waals surface area contributed by atoms with Gasteiger partial charge in [0.25, 0.3) is 0 Å². The average molecular weight is 275 g/mol. The number of nitrogens with one attached hydrogen (secondary N) is 1. The van der Waals surface area contributed by atoms with Gasteiger partial charge in [0, 0.05) is 6.54 Å². The van der Waals surface area contributed by atoms with Crippen LogP contribution >= 0.6 is 0 Å². The van der Waals surface area contributed by atoms with Crippen molar-refractivity contribution in [2.45, 2.75) is 20.0 Å². The topological polar surface area (TPSA) is 12.0 Å². The van der Waals surface area contributed by atoms with Gasteiger partial charge in [-0.15, -0.1) is 0 Å². The minimum absolute atomic E-state index is 0.333. The Morgan fingerprint density at radius 2 is 1.95 bits per heavy atom. The number of hydrogen-bond donors (Lipinski definition) is 1. The Labute approximate surface area is 110 Å². The molecule has 0 atom stereocenters. The zero-order valence-corrected chi connectivity index (χ0v) is 10.9. The summed E-state index contributed by atoms with van der Waals surface area (Å²) in [4.78, 5) is 0. The molecule has 5 heteroatoms. The second-order valence-electron chi connectivity index (χ2n) is 4.69. The van der Waals surface area contributed by atoms with Crippen molar-refractivity contribution in [2.75, 3.05) is 13.1 Å². The van der Waals surface area contributed by atoms with Crippen LogP contribution in [0.1, 0.15) is 25.0 Å². The maximum Gasteiger partial charge on any atom is 0.419 e. The standard InChI is InChI=1S/C14H17F4N/c1-10(2)9-19-7-3-4-11-5-6-13(15)12(8-11)14(16,17)18/h3-6,8,10,19H,7,9H2,1-2H3/b4-3+. The van der Waals surface area contributed by atoms with Crippen LogP contribution in [0.25, 0.3) is 6.08 Å². The van der Waals surface area contributed by atoms with Gasteiger partial charge in [0.1, 0.15) is 5.82 Å². The zero-order valence-electron chi connectivity index (χ0n) is 10.9. The second kappa shape index (κ2) is 6.70. The highest BCUT2D eigenvalue weighted by Crippen LogP contribution is 2.32. The Balaban J connectivity index is 2.67. The van der Waals surface area contributed by atoms with Crippen molar-refractivity contribution >= 4 is 6.08 Å². The first-order chi connectivity index (χ1) is 8.80. The van der Waals surface area contributed by atoms with Crippen molar-refractivity contribution in [1.82, 2.24) is 5.32 Å². The molecule has 0 heterocycles. The predicted molar refractivity (Wildman–Crippen MR) is 68.1 cm³/mol. The van der Waals surface area contributed by atoms with Crippen LogP contribution in [0.4, 0.5) is 17.6 Å². The summed E-state index contributed by atoms with van der Waals surface area (Å²) < 4.78 is 50.5. The molecule has 0 spiro atoms. The van der Waals surface area contributed by atoms with Gasteiger partial charge in [0.15, 0.2) is 0 Å². The quantitative estimate of drug-likeness (QED) is 0.630. The highest BCUT2D eigenvalue weighted by atomic mass is 19.4. The maximum atomic E-state index is 13.0. The summed E-state index contributed by atoms with van der Waals surface area (Å²) >= 11 is 0. The van der Waals surface area contributed by atoms with Crippen molar-refractivity contribution in [1.29, 1.82) is 0 Å². The molecule has 0 amide bonds. The van der Waals surface area contributed by atoms with Crippen molar-refractivity contribution in [3.63, 3.8) is 0 Å². The molecular formula is C14H17F4N. The van der Waals surface area contributed by atoms with Gasteiger partial charge in [-0.1, -0.05) is 32.1 Å². The van der Waals surface area contributed by atoms with E-state index in [1.807, 2.05) is 0 Å². The summed E-state index contributed by atoms with van der Waals surface area (Å²) in [5, 5.41) is 3.13. The second-order valence-corrected chi connectivity index (χ2v) is 4.69. The minimum atomic E-state index is -4.66. The summed E-state index contributed by atoms with van der Waals surface area (Å²) in [7, 11) is 0. The van der Waals surface area contributed by atoms with Crippen molar-refractivity contribution in [3.8, 4) is 0 Å². The van der Waals surface area contributed by atoms with E-state index in [0.29, 0.717) is 18.0 Å². The van der Waals surface area contributed by atoms with Crippen molar-refractivity contribution in [2.24, 2.45) is 5.92 Å². The highest BCUT2D eigenvalue weighted by Gasteiger charge is 2.33. The molecule has 0 saturated heterocycles. The molecule has 0 radical (unpaired) electrons. The van der Waals surface area contributed by atoms with Crippen LogP contribution in [0.5, 0.6) is 0 Å². The third-order valence-electron chi connectivity index (χ3n) is 2.42. The van der Waals surface area contributed by atoms with Crippen molar-refractivity contribution < 1.29 is 17.6 Å². The summed E-state index contributed by atoms with van der Waals surface area (Å²) in [6, 6.07) is 2.97. The van der Waals surface area contributed by atoms with Crippen LogP contribution in [0.3, 0.4) is 0 Å². The smallest absolute Gasteiger partial charge is 0.313 e. The molecule has 106 valence electrons. The van der Waals surface area contributed by atoms with E-state index in [-0.39, 0.29) is 0 Å². The van der Waals surface area contributed by atoms with E-state index in [9.17, 15) is 17.6 Å². The monoisotopic (exact) mass is 275 g/mol. The lowest BCUT2D eigenvalue weighted by atomic mass is 10.1. The summed E-state index contributed by atoms with van der Waals surface area (Å²) in [5.41, 5.74) is -0.898. The number of benzene rings is 1. The van der Waals surface area contributed by atoms with Gasteiger partial charge >= 0.3 is 6.18 Å². The Bertz CT molecular complexity index is 436. The molecule has 0 saturated carbocycles. The van der Waals surface area contributed by atoms with Gasteiger partial charge in [0.05, 0.1) is 5.56 Å². The zero-order chi connectivity index (χ0) is 14.5. The van der Waals surface area contributed by atoms with Crippen LogP contribution < -0.4 is 5.32 Å². The molecule has 0 aliphatic heterocycles. The molecule has 0 aliphatic rings.